The molecule has 0 amide bonds. The van der Waals surface area contributed by atoms with Crippen LogP contribution in [0.25, 0.3) is 0 Å². The van der Waals surface area contributed by atoms with Crippen LogP contribution in [0.5, 0.6) is 0 Å². The molecule has 116 valence electrons. The predicted molar refractivity (Wildman–Crippen MR) is 89.8 cm³/mol. The lowest BCUT2D eigenvalue weighted by Gasteiger charge is -2.04. The predicted octanol–water partition coefficient (Wildman–Crippen LogP) is 7.51. The Balaban J connectivity index is 2.91. The van der Waals surface area contributed by atoms with Crippen molar-refractivity contribution in [2.45, 2.75) is 117 Å². The van der Waals surface area contributed by atoms with Gasteiger partial charge in [-0.05, 0) is 5.92 Å². The molecule has 0 atom stereocenters. The molecule has 0 bridgehead atoms. The lowest BCUT2D eigenvalue weighted by molar-refractivity contribution is 0.502. The minimum atomic E-state index is 0.900. The Hall–Kier alpha value is 0. The first-order valence-corrected chi connectivity index (χ1v) is 9.27. The summed E-state index contributed by atoms with van der Waals surface area (Å²) >= 11 is 0. The second-order valence-corrected chi connectivity index (χ2v) is 6.78. The average Bonchev–Trinajstić information content (AvgIpc) is 2.39. The van der Waals surface area contributed by atoms with E-state index < -0.39 is 0 Å². The summed E-state index contributed by atoms with van der Waals surface area (Å²) in [5.41, 5.74) is 0. The molecule has 0 aromatic carbocycles. The van der Waals surface area contributed by atoms with E-state index in [9.17, 15) is 0 Å². The standard InChI is InChI=1S/C19H40/c1-4-5-6-7-8-9-10-11-12-13-14-15-16-17-18-19(2)3/h19H,4-18H2,1-3H3. The van der Waals surface area contributed by atoms with Crippen molar-refractivity contribution >= 4 is 0 Å². The normalized spacial score (nSPS) is 11.4. The number of unbranched alkanes of at least 4 members (excludes halogenated alkanes) is 13. The quantitative estimate of drug-likeness (QED) is 0.269. The summed E-state index contributed by atoms with van der Waals surface area (Å²) in [6, 6.07) is 0. The molecule has 0 aliphatic heterocycles. The minimum Gasteiger partial charge on any atom is -0.0654 e. The molecule has 0 rings (SSSR count). The topological polar surface area (TPSA) is 0 Å². The van der Waals surface area contributed by atoms with Crippen LogP contribution in [0, 0.1) is 5.92 Å². The van der Waals surface area contributed by atoms with Crippen LogP contribution < -0.4 is 0 Å². The summed E-state index contributed by atoms with van der Waals surface area (Å²) in [6.45, 7) is 6.97. The van der Waals surface area contributed by atoms with Gasteiger partial charge in [-0.15, -0.1) is 0 Å². The van der Waals surface area contributed by atoms with Gasteiger partial charge in [-0.2, -0.15) is 0 Å². The highest BCUT2D eigenvalue weighted by atomic mass is 14.0. The molecule has 0 radical (unpaired) electrons. The Labute approximate surface area is 123 Å². The Morgan fingerprint density at radius 1 is 0.474 bits per heavy atom. The molecule has 0 aromatic heterocycles. The molecule has 0 aromatic rings. The van der Waals surface area contributed by atoms with Crippen LogP contribution in [-0.2, 0) is 0 Å². The van der Waals surface area contributed by atoms with Crippen LogP contribution >= 0.6 is 0 Å². The summed E-state index contributed by atoms with van der Waals surface area (Å²) in [6.07, 6.45) is 22.0. The number of rotatable bonds is 15. The first kappa shape index (κ1) is 19.0. The lowest BCUT2D eigenvalue weighted by Crippen LogP contribution is -1.87. The van der Waals surface area contributed by atoms with Crippen molar-refractivity contribution in [3.63, 3.8) is 0 Å². The zero-order valence-corrected chi connectivity index (χ0v) is 14.2. The largest absolute Gasteiger partial charge is 0.0654 e. The van der Waals surface area contributed by atoms with Gasteiger partial charge in [0.2, 0.25) is 0 Å². The summed E-state index contributed by atoms with van der Waals surface area (Å²) in [7, 11) is 0. The number of hydrogen-bond acceptors (Lipinski definition) is 0. The third kappa shape index (κ3) is 18.0. The zero-order valence-electron chi connectivity index (χ0n) is 14.2. The lowest BCUT2D eigenvalue weighted by atomic mass is 10.0. The minimum absolute atomic E-state index is 0.900. The molecule has 0 aliphatic rings. The molecule has 0 heterocycles. The van der Waals surface area contributed by atoms with Crippen LogP contribution in [0.4, 0.5) is 0 Å². The van der Waals surface area contributed by atoms with E-state index in [0.29, 0.717) is 0 Å². The fraction of sp³-hybridized carbons (Fsp3) is 1.00. The Bertz CT molecular complexity index is 148. The molecule has 0 heteroatoms. The van der Waals surface area contributed by atoms with Gasteiger partial charge >= 0.3 is 0 Å². The molecule has 0 saturated carbocycles. The third-order valence-corrected chi connectivity index (χ3v) is 4.14. The Kier molecular flexibility index (Phi) is 16.1. The van der Waals surface area contributed by atoms with Gasteiger partial charge in [0.1, 0.15) is 0 Å². The molecule has 0 aliphatic carbocycles. The van der Waals surface area contributed by atoms with E-state index in [1.54, 1.807) is 0 Å². The summed E-state index contributed by atoms with van der Waals surface area (Å²) in [5, 5.41) is 0. The first-order valence-electron chi connectivity index (χ1n) is 9.27. The smallest absolute Gasteiger partial charge is 0.0471 e. The fourth-order valence-electron chi connectivity index (χ4n) is 2.75. The second-order valence-electron chi connectivity index (χ2n) is 6.78. The molecule has 19 heavy (non-hydrogen) atoms. The van der Waals surface area contributed by atoms with Gasteiger partial charge in [-0.1, -0.05) is 117 Å². The van der Waals surface area contributed by atoms with Crippen molar-refractivity contribution in [1.82, 2.24) is 0 Å². The van der Waals surface area contributed by atoms with Gasteiger partial charge in [0.25, 0.3) is 0 Å². The highest BCUT2D eigenvalue weighted by molar-refractivity contribution is 4.50. The van der Waals surface area contributed by atoms with Crippen LogP contribution in [0.15, 0.2) is 0 Å². The SMILES string of the molecule is CCCCCCCCCCCCCCCCC(C)C. The van der Waals surface area contributed by atoms with Crippen LogP contribution in [0.1, 0.15) is 117 Å². The average molecular weight is 269 g/mol. The van der Waals surface area contributed by atoms with Crippen molar-refractivity contribution in [2.24, 2.45) is 5.92 Å². The monoisotopic (exact) mass is 268 g/mol. The maximum atomic E-state index is 2.34. The summed E-state index contributed by atoms with van der Waals surface area (Å²) in [5.74, 6) is 0.900. The maximum Gasteiger partial charge on any atom is -0.0471 e. The van der Waals surface area contributed by atoms with E-state index >= 15 is 0 Å². The van der Waals surface area contributed by atoms with Crippen LogP contribution in [-0.4, -0.2) is 0 Å². The maximum absolute atomic E-state index is 2.34. The number of hydrogen-bond donors (Lipinski definition) is 0. The Morgan fingerprint density at radius 3 is 1.11 bits per heavy atom. The van der Waals surface area contributed by atoms with E-state index in [2.05, 4.69) is 20.8 Å². The molecule has 0 saturated heterocycles. The van der Waals surface area contributed by atoms with Crippen LogP contribution in [0.2, 0.25) is 0 Å². The molecule has 0 N–H and O–H groups in total. The first-order chi connectivity index (χ1) is 9.27. The van der Waals surface area contributed by atoms with E-state index in [-0.39, 0.29) is 0 Å². The second kappa shape index (κ2) is 16.1. The van der Waals surface area contributed by atoms with Gasteiger partial charge in [0.05, 0.1) is 0 Å². The molecule has 0 fully saturated rings. The van der Waals surface area contributed by atoms with Crippen molar-refractivity contribution in [3.05, 3.63) is 0 Å². The highest BCUT2D eigenvalue weighted by Gasteiger charge is 1.95. The van der Waals surface area contributed by atoms with E-state index in [1.165, 1.54) is 96.3 Å². The van der Waals surface area contributed by atoms with E-state index in [0.717, 1.165) is 5.92 Å². The highest BCUT2D eigenvalue weighted by Crippen LogP contribution is 2.14. The van der Waals surface area contributed by atoms with E-state index in [1.807, 2.05) is 0 Å². The molecule has 0 unspecified atom stereocenters. The van der Waals surface area contributed by atoms with Crippen LogP contribution in [0.3, 0.4) is 0 Å². The Morgan fingerprint density at radius 2 is 0.789 bits per heavy atom. The van der Waals surface area contributed by atoms with Gasteiger partial charge in [0.15, 0.2) is 0 Å². The van der Waals surface area contributed by atoms with Crippen molar-refractivity contribution in [2.75, 3.05) is 0 Å². The zero-order chi connectivity index (χ0) is 14.2. The fourth-order valence-corrected chi connectivity index (χ4v) is 2.75. The molecular formula is C19H40. The molecule has 0 spiro atoms. The van der Waals surface area contributed by atoms with Crippen molar-refractivity contribution in [3.8, 4) is 0 Å². The molecule has 0 nitrogen and oxygen atoms in total. The van der Waals surface area contributed by atoms with Gasteiger partial charge in [-0.3, -0.25) is 0 Å². The van der Waals surface area contributed by atoms with Crippen molar-refractivity contribution in [1.29, 1.82) is 0 Å². The summed E-state index contributed by atoms with van der Waals surface area (Å²) in [4.78, 5) is 0. The van der Waals surface area contributed by atoms with E-state index in [4.69, 9.17) is 0 Å². The van der Waals surface area contributed by atoms with Gasteiger partial charge in [0, 0.05) is 0 Å². The van der Waals surface area contributed by atoms with Gasteiger partial charge < -0.3 is 0 Å². The summed E-state index contributed by atoms with van der Waals surface area (Å²) < 4.78 is 0. The van der Waals surface area contributed by atoms with Crippen molar-refractivity contribution < 1.29 is 0 Å². The molecular weight excluding hydrogens is 228 g/mol. The third-order valence-electron chi connectivity index (χ3n) is 4.14. The van der Waals surface area contributed by atoms with Gasteiger partial charge in [-0.25, -0.2) is 0 Å².